The van der Waals surface area contributed by atoms with Gasteiger partial charge in [0, 0.05) is 29.7 Å². The van der Waals surface area contributed by atoms with Crippen molar-refractivity contribution < 1.29 is 23.8 Å². The average Bonchev–Trinajstić information content (AvgIpc) is 2.76. The molecular weight excluding hydrogens is 390 g/mol. The van der Waals surface area contributed by atoms with E-state index in [1.165, 1.54) is 11.6 Å². The van der Waals surface area contributed by atoms with E-state index in [-0.39, 0.29) is 12.5 Å². The molecule has 0 fully saturated rings. The average molecular weight is 416 g/mol. The highest BCUT2D eigenvalue weighted by Crippen LogP contribution is 2.25. The quantitative estimate of drug-likeness (QED) is 0.345. The van der Waals surface area contributed by atoms with Gasteiger partial charge < -0.3 is 19.5 Å². The molecule has 0 aliphatic carbocycles. The van der Waals surface area contributed by atoms with Crippen LogP contribution >= 0.6 is 11.8 Å². The Morgan fingerprint density at radius 1 is 1.07 bits per heavy atom. The lowest BCUT2D eigenvalue weighted by Crippen LogP contribution is -2.30. The highest BCUT2D eigenvalue weighted by atomic mass is 32.2. The number of thioether (sulfide) groups is 1. The van der Waals surface area contributed by atoms with Crippen LogP contribution in [0, 0.1) is 0 Å². The summed E-state index contributed by atoms with van der Waals surface area (Å²) >= 11 is 1.73. The minimum Gasteiger partial charge on any atom is -0.497 e. The van der Waals surface area contributed by atoms with Gasteiger partial charge in [-0.1, -0.05) is 30.3 Å². The number of rotatable bonds is 11. The Labute approximate surface area is 175 Å². The number of esters is 1. The molecule has 0 unspecified atom stereocenters. The molecular formula is C22H25NO5S. The summed E-state index contributed by atoms with van der Waals surface area (Å²) in [7, 11) is 3.10. The Hall–Kier alpha value is -2.93. The van der Waals surface area contributed by atoms with Crippen molar-refractivity contribution in [1.29, 1.82) is 0 Å². The van der Waals surface area contributed by atoms with Crippen LogP contribution in [0.5, 0.6) is 11.5 Å². The molecule has 0 aliphatic rings. The maximum absolute atomic E-state index is 11.8. The highest BCUT2D eigenvalue weighted by molar-refractivity contribution is 7.98. The summed E-state index contributed by atoms with van der Waals surface area (Å²) in [6.07, 6.45) is 2.81. The van der Waals surface area contributed by atoms with Crippen LogP contribution < -0.4 is 14.8 Å². The first-order valence-corrected chi connectivity index (χ1v) is 10.2. The summed E-state index contributed by atoms with van der Waals surface area (Å²) in [5.41, 5.74) is 1.92. The van der Waals surface area contributed by atoms with E-state index in [1.54, 1.807) is 50.3 Å². The maximum atomic E-state index is 11.8. The van der Waals surface area contributed by atoms with E-state index in [1.807, 2.05) is 18.2 Å². The molecule has 0 heterocycles. The standard InChI is InChI=1S/C22H25NO5S/c1-26-19-9-10-20(27-2)18(14-19)8-11-22(25)28-15-21(24)23-12-13-29-16-17-6-4-3-5-7-17/h3-11,14H,12-13,15-16H2,1-2H3,(H,23,24)/b11-8+. The van der Waals surface area contributed by atoms with Gasteiger partial charge in [-0.05, 0) is 29.8 Å². The minimum absolute atomic E-state index is 0.318. The third-order valence-corrected chi connectivity index (χ3v) is 4.89. The summed E-state index contributed by atoms with van der Waals surface area (Å²) < 4.78 is 15.4. The zero-order valence-electron chi connectivity index (χ0n) is 16.6. The van der Waals surface area contributed by atoms with Gasteiger partial charge in [-0.3, -0.25) is 4.79 Å². The van der Waals surface area contributed by atoms with Gasteiger partial charge in [-0.2, -0.15) is 11.8 Å². The molecule has 2 rings (SSSR count). The van der Waals surface area contributed by atoms with Crippen LogP contribution in [-0.4, -0.2) is 45.0 Å². The van der Waals surface area contributed by atoms with E-state index in [0.29, 0.717) is 23.6 Å². The van der Waals surface area contributed by atoms with E-state index < -0.39 is 5.97 Å². The lowest BCUT2D eigenvalue weighted by atomic mass is 10.1. The SMILES string of the molecule is COc1ccc(OC)c(/C=C/C(=O)OCC(=O)NCCSCc2ccccc2)c1. The van der Waals surface area contributed by atoms with Crippen molar-refractivity contribution in [3.8, 4) is 11.5 Å². The van der Waals surface area contributed by atoms with Crippen LogP contribution in [0.25, 0.3) is 6.08 Å². The van der Waals surface area contributed by atoms with Crippen LogP contribution in [0.2, 0.25) is 0 Å². The summed E-state index contributed by atoms with van der Waals surface area (Å²) in [6.45, 7) is 0.201. The molecule has 29 heavy (non-hydrogen) atoms. The number of hydrogen-bond donors (Lipinski definition) is 1. The topological polar surface area (TPSA) is 73.9 Å². The van der Waals surface area contributed by atoms with Gasteiger partial charge in [0.25, 0.3) is 5.91 Å². The molecule has 2 aromatic carbocycles. The largest absolute Gasteiger partial charge is 0.497 e. The van der Waals surface area contributed by atoms with Crippen LogP contribution in [-0.2, 0) is 20.1 Å². The number of nitrogens with one attached hydrogen (secondary N) is 1. The Bertz CT molecular complexity index is 823. The number of amides is 1. The third kappa shape index (κ3) is 8.31. The predicted octanol–water partition coefficient (Wildman–Crippen LogP) is 3.31. The third-order valence-electron chi connectivity index (χ3n) is 3.86. The van der Waals surface area contributed by atoms with Gasteiger partial charge >= 0.3 is 5.97 Å². The molecule has 0 radical (unpaired) electrons. The Balaban J connectivity index is 1.66. The molecule has 0 bridgehead atoms. The molecule has 1 amide bonds. The summed E-state index contributed by atoms with van der Waals surface area (Å²) in [6, 6.07) is 15.4. The molecule has 1 N–H and O–H groups in total. The lowest BCUT2D eigenvalue weighted by molar-refractivity contribution is -0.143. The summed E-state index contributed by atoms with van der Waals surface area (Å²) in [4.78, 5) is 23.6. The normalized spacial score (nSPS) is 10.6. The van der Waals surface area contributed by atoms with Crippen LogP contribution in [0.4, 0.5) is 0 Å². The summed E-state index contributed by atoms with van der Waals surface area (Å²) in [5, 5.41) is 2.73. The van der Waals surface area contributed by atoms with Crippen molar-refractivity contribution in [2.75, 3.05) is 33.1 Å². The van der Waals surface area contributed by atoms with E-state index >= 15 is 0 Å². The second-order valence-electron chi connectivity index (χ2n) is 5.94. The molecule has 0 aromatic heterocycles. The number of hydrogen-bond acceptors (Lipinski definition) is 6. The van der Waals surface area contributed by atoms with Crippen molar-refractivity contribution in [3.05, 3.63) is 65.7 Å². The van der Waals surface area contributed by atoms with Crippen molar-refractivity contribution >= 4 is 29.7 Å². The smallest absolute Gasteiger partial charge is 0.331 e. The summed E-state index contributed by atoms with van der Waals surface area (Å²) in [5.74, 6) is 1.98. The van der Waals surface area contributed by atoms with Gasteiger partial charge in [0.05, 0.1) is 14.2 Å². The molecule has 7 heteroatoms. The Morgan fingerprint density at radius 2 is 1.86 bits per heavy atom. The number of methoxy groups -OCH3 is 2. The molecule has 154 valence electrons. The number of carbonyl (C=O) groups is 2. The first-order chi connectivity index (χ1) is 14.1. The predicted molar refractivity (Wildman–Crippen MR) is 115 cm³/mol. The zero-order valence-corrected chi connectivity index (χ0v) is 17.4. The number of ether oxygens (including phenoxy) is 3. The van der Waals surface area contributed by atoms with Gasteiger partial charge in [0.1, 0.15) is 11.5 Å². The number of benzene rings is 2. The van der Waals surface area contributed by atoms with Gasteiger partial charge in [-0.15, -0.1) is 0 Å². The van der Waals surface area contributed by atoms with E-state index in [9.17, 15) is 9.59 Å². The fourth-order valence-electron chi connectivity index (χ4n) is 2.39. The molecule has 0 spiro atoms. The van der Waals surface area contributed by atoms with Crippen LogP contribution in [0.3, 0.4) is 0 Å². The molecule has 2 aromatic rings. The van der Waals surface area contributed by atoms with E-state index in [2.05, 4.69) is 17.4 Å². The lowest BCUT2D eigenvalue weighted by Gasteiger charge is -2.07. The fourth-order valence-corrected chi connectivity index (χ4v) is 3.21. The maximum Gasteiger partial charge on any atom is 0.331 e. The Kier molecular flexibility index (Phi) is 9.65. The monoisotopic (exact) mass is 415 g/mol. The molecule has 0 aliphatic heterocycles. The molecule has 0 atom stereocenters. The first-order valence-electron chi connectivity index (χ1n) is 9.07. The van der Waals surface area contributed by atoms with E-state index in [4.69, 9.17) is 14.2 Å². The Morgan fingerprint density at radius 3 is 2.59 bits per heavy atom. The first kappa shape index (κ1) is 22.4. The second kappa shape index (κ2) is 12.5. The van der Waals surface area contributed by atoms with Crippen molar-refractivity contribution in [1.82, 2.24) is 5.32 Å². The van der Waals surface area contributed by atoms with Crippen molar-refractivity contribution in [3.63, 3.8) is 0 Å². The molecule has 6 nitrogen and oxygen atoms in total. The highest BCUT2D eigenvalue weighted by Gasteiger charge is 2.06. The van der Waals surface area contributed by atoms with E-state index in [0.717, 1.165) is 11.5 Å². The molecule has 0 saturated carbocycles. The van der Waals surface area contributed by atoms with Crippen LogP contribution in [0.15, 0.2) is 54.6 Å². The molecule has 0 saturated heterocycles. The second-order valence-corrected chi connectivity index (χ2v) is 7.04. The zero-order chi connectivity index (χ0) is 20.9. The van der Waals surface area contributed by atoms with Gasteiger partial charge in [0.2, 0.25) is 0 Å². The fraction of sp³-hybridized carbons (Fsp3) is 0.273. The van der Waals surface area contributed by atoms with Crippen molar-refractivity contribution in [2.24, 2.45) is 0 Å². The van der Waals surface area contributed by atoms with Gasteiger partial charge in [-0.25, -0.2) is 4.79 Å². The van der Waals surface area contributed by atoms with Crippen molar-refractivity contribution in [2.45, 2.75) is 5.75 Å². The van der Waals surface area contributed by atoms with Crippen LogP contribution in [0.1, 0.15) is 11.1 Å². The number of carbonyl (C=O) groups excluding carboxylic acids is 2. The minimum atomic E-state index is -0.608. The van der Waals surface area contributed by atoms with Gasteiger partial charge in [0.15, 0.2) is 6.61 Å².